The molecule has 0 saturated carbocycles. The summed E-state index contributed by atoms with van der Waals surface area (Å²) in [6, 6.07) is 23.1. The molecule has 1 aliphatic heterocycles. The van der Waals surface area contributed by atoms with E-state index in [9.17, 15) is 9.90 Å². The number of para-hydroxylation sites is 2. The molecule has 0 saturated heterocycles. The zero-order valence-corrected chi connectivity index (χ0v) is 19.1. The topological polar surface area (TPSA) is 87.2 Å². The Kier molecular flexibility index (Phi) is 5.43. The van der Waals surface area contributed by atoms with Crippen LogP contribution in [0.1, 0.15) is 21.5 Å². The van der Waals surface area contributed by atoms with E-state index in [2.05, 4.69) is 16.4 Å². The normalized spacial score (nSPS) is 13.5. The van der Waals surface area contributed by atoms with Crippen LogP contribution in [0.5, 0.6) is 5.75 Å². The van der Waals surface area contributed by atoms with Crippen LogP contribution in [0.2, 0.25) is 0 Å². The van der Waals surface area contributed by atoms with E-state index < -0.39 is 6.04 Å². The van der Waals surface area contributed by atoms with Crippen molar-refractivity contribution in [2.75, 3.05) is 13.2 Å². The molecule has 6 nitrogen and oxygen atoms in total. The van der Waals surface area contributed by atoms with Gasteiger partial charge >= 0.3 is 0 Å². The van der Waals surface area contributed by atoms with Crippen molar-refractivity contribution < 1.29 is 14.6 Å². The Balaban J connectivity index is 1.33. The molecule has 35 heavy (non-hydrogen) atoms. The molecule has 0 unspecified atom stereocenters. The second kappa shape index (κ2) is 8.89. The molecule has 1 atom stereocenters. The number of amides is 1. The van der Waals surface area contributed by atoms with Crippen molar-refractivity contribution >= 4 is 27.7 Å². The lowest BCUT2D eigenvalue weighted by molar-refractivity contribution is 0.0918. The van der Waals surface area contributed by atoms with E-state index >= 15 is 0 Å². The maximum atomic E-state index is 13.5. The number of aromatic nitrogens is 2. The maximum absolute atomic E-state index is 13.5. The summed E-state index contributed by atoms with van der Waals surface area (Å²) in [4.78, 5) is 21.6. The molecule has 0 bridgehead atoms. The molecule has 3 aromatic carbocycles. The fourth-order valence-electron chi connectivity index (χ4n) is 4.85. The molecule has 174 valence electrons. The van der Waals surface area contributed by atoms with Crippen LogP contribution >= 0.6 is 0 Å². The van der Waals surface area contributed by atoms with Gasteiger partial charge in [-0.1, -0.05) is 36.4 Å². The number of carbonyl (C=O) groups excluding carboxylic acids is 1. The lowest BCUT2D eigenvalue weighted by Crippen LogP contribution is -2.39. The van der Waals surface area contributed by atoms with E-state index in [4.69, 9.17) is 9.72 Å². The third-order valence-electron chi connectivity index (χ3n) is 6.64. The maximum Gasteiger partial charge on any atom is 0.252 e. The number of pyridine rings is 1. The Bertz CT molecular complexity index is 1560. The van der Waals surface area contributed by atoms with Gasteiger partial charge in [0, 0.05) is 34.5 Å². The molecule has 1 aliphatic rings. The van der Waals surface area contributed by atoms with Crippen LogP contribution in [0.15, 0.2) is 79.0 Å². The summed E-state index contributed by atoms with van der Waals surface area (Å²) in [6.45, 7) is 0.530. The molecule has 6 rings (SSSR count). The average Bonchev–Trinajstić information content (AvgIpc) is 3.54. The number of aliphatic hydroxyl groups is 1. The minimum absolute atomic E-state index is 0.161. The summed E-state index contributed by atoms with van der Waals surface area (Å²) in [5.74, 6) is 0.684. The summed E-state index contributed by atoms with van der Waals surface area (Å²) in [5, 5.41) is 15.0. The highest BCUT2D eigenvalue weighted by Gasteiger charge is 2.20. The minimum atomic E-state index is -0.422. The van der Waals surface area contributed by atoms with Crippen LogP contribution in [0.25, 0.3) is 33.1 Å². The Morgan fingerprint density at radius 2 is 1.89 bits per heavy atom. The number of fused-ring (bicyclic) bond motifs is 3. The Morgan fingerprint density at radius 3 is 2.77 bits per heavy atom. The van der Waals surface area contributed by atoms with Gasteiger partial charge in [0.25, 0.3) is 5.91 Å². The van der Waals surface area contributed by atoms with E-state index in [0.717, 1.165) is 56.4 Å². The fraction of sp³-hybridized carbons (Fsp3) is 0.172. The van der Waals surface area contributed by atoms with Gasteiger partial charge in [-0.2, -0.15) is 0 Å². The Morgan fingerprint density at radius 1 is 1.06 bits per heavy atom. The fourth-order valence-corrected chi connectivity index (χ4v) is 4.85. The highest BCUT2D eigenvalue weighted by molar-refractivity contribution is 6.07. The zero-order valence-electron chi connectivity index (χ0n) is 19.1. The number of hydrogen-bond donors (Lipinski definition) is 3. The molecule has 2 aromatic heterocycles. The Labute approximate surface area is 202 Å². The van der Waals surface area contributed by atoms with Gasteiger partial charge in [0.15, 0.2) is 0 Å². The molecule has 5 aromatic rings. The molecule has 1 amide bonds. The van der Waals surface area contributed by atoms with Crippen LogP contribution in [0, 0.1) is 0 Å². The average molecular weight is 464 g/mol. The van der Waals surface area contributed by atoms with E-state index in [0.29, 0.717) is 18.6 Å². The van der Waals surface area contributed by atoms with Crippen LogP contribution < -0.4 is 10.1 Å². The monoisotopic (exact) mass is 463 g/mol. The molecule has 3 heterocycles. The first-order chi connectivity index (χ1) is 17.2. The van der Waals surface area contributed by atoms with Crippen LogP contribution in [-0.4, -0.2) is 40.2 Å². The number of rotatable bonds is 6. The van der Waals surface area contributed by atoms with Gasteiger partial charge in [-0.15, -0.1) is 0 Å². The minimum Gasteiger partial charge on any atom is -0.493 e. The van der Waals surface area contributed by atoms with Crippen LogP contribution in [-0.2, 0) is 12.8 Å². The standard InChI is InChI=1S/C29H25N3O3/c33-17-21(14-20-16-30-25-7-3-1-5-22(20)25)31-29(34)24-15-27(32-26-8-4-2-6-23(24)26)18-9-10-28-19(13-18)11-12-35-28/h1-10,13,15-16,21,30,33H,11-12,14,17H2,(H,31,34)/t21-/m1/s1. The molecule has 0 spiro atoms. The van der Waals surface area contributed by atoms with Crippen molar-refractivity contribution in [1.29, 1.82) is 0 Å². The van der Waals surface area contributed by atoms with Crippen LogP contribution in [0.3, 0.4) is 0 Å². The van der Waals surface area contributed by atoms with Crippen molar-refractivity contribution in [3.8, 4) is 17.0 Å². The van der Waals surface area contributed by atoms with Gasteiger partial charge in [0.05, 0.1) is 36.0 Å². The summed E-state index contributed by atoms with van der Waals surface area (Å²) in [5.41, 5.74) is 6.23. The van der Waals surface area contributed by atoms with Gasteiger partial charge in [0.1, 0.15) is 5.75 Å². The van der Waals surface area contributed by atoms with Gasteiger partial charge < -0.3 is 20.1 Å². The molecule has 0 fully saturated rings. The largest absolute Gasteiger partial charge is 0.493 e. The van der Waals surface area contributed by atoms with Gasteiger partial charge in [-0.25, -0.2) is 4.98 Å². The van der Waals surface area contributed by atoms with Gasteiger partial charge in [-0.3, -0.25) is 4.79 Å². The lowest BCUT2D eigenvalue weighted by atomic mass is 10.0. The van der Waals surface area contributed by atoms with E-state index in [1.807, 2.05) is 72.9 Å². The predicted molar refractivity (Wildman–Crippen MR) is 137 cm³/mol. The number of ether oxygens (including phenoxy) is 1. The molecular formula is C29H25N3O3. The van der Waals surface area contributed by atoms with E-state index in [-0.39, 0.29) is 12.5 Å². The number of aromatic amines is 1. The number of hydrogen-bond acceptors (Lipinski definition) is 4. The van der Waals surface area contributed by atoms with E-state index in [1.165, 1.54) is 0 Å². The highest BCUT2D eigenvalue weighted by atomic mass is 16.5. The summed E-state index contributed by atoms with van der Waals surface area (Å²) in [6.07, 6.45) is 3.33. The predicted octanol–water partition coefficient (Wildman–Crippen LogP) is 4.65. The first kappa shape index (κ1) is 21.4. The van der Waals surface area contributed by atoms with Crippen molar-refractivity contribution in [1.82, 2.24) is 15.3 Å². The lowest BCUT2D eigenvalue weighted by Gasteiger charge is -2.17. The third kappa shape index (κ3) is 4.02. The number of aliphatic hydroxyl groups excluding tert-OH is 1. The summed E-state index contributed by atoms with van der Waals surface area (Å²) < 4.78 is 5.64. The second-order valence-electron chi connectivity index (χ2n) is 8.91. The van der Waals surface area contributed by atoms with E-state index in [1.54, 1.807) is 0 Å². The first-order valence-electron chi connectivity index (χ1n) is 11.8. The van der Waals surface area contributed by atoms with Crippen molar-refractivity contribution in [3.63, 3.8) is 0 Å². The number of nitrogens with zero attached hydrogens (tertiary/aromatic N) is 1. The summed E-state index contributed by atoms with van der Waals surface area (Å²) in [7, 11) is 0. The third-order valence-corrected chi connectivity index (χ3v) is 6.64. The number of benzene rings is 3. The summed E-state index contributed by atoms with van der Waals surface area (Å²) >= 11 is 0. The van der Waals surface area contributed by atoms with Crippen molar-refractivity contribution in [2.24, 2.45) is 0 Å². The van der Waals surface area contributed by atoms with Crippen molar-refractivity contribution in [2.45, 2.75) is 18.9 Å². The Hall–Kier alpha value is -4.16. The second-order valence-corrected chi connectivity index (χ2v) is 8.91. The smallest absolute Gasteiger partial charge is 0.252 e. The zero-order chi connectivity index (χ0) is 23.8. The number of H-pyrrole nitrogens is 1. The van der Waals surface area contributed by atoms with Gasteiger partial charge in [-0.05, 0) is 53.9 Å². The molecule has 6 heteroatoms. The number of nitrogens with one attached hydrogen (secondary N) is 2. The quantitative estimate of drug-likeness (QED) is 0.342. The molecule has 0 radical (unpaired) electrons. The highest BCUT2D eigenvalue weighted by Crippen LogP contribution is 2.31. The molecular weight excluding hydrogens is 438 g/mol. The van der Waals surface area contributed by atoms with Gasteiger partial charge in [0.2, 0.25) is 0 Å². The number of carbonyl (C=O) groups is 1. The van der Waals surface area contributed by atoms with Crippen molar-refractivity contribution in [3.05, 3.63) is 95.7 Å². The molecule has 3 N–H and O–H groups in total. The van der Waals surface area contributed by atoms with Crippen LogP contribution in [0.4, 0.5) is 0 Å². The first-order valence-corrected chi connectivity index (χ1v) is 11.8. The molecule has 0 aliphatic carbocycles. The SMILES string of the molecule is O=C(N[C@@H](CO)Cc1c[nH]c2ccccc12)c1cc(-c2ccc3c(c2)CCO3)nc2ccccc12.